The second kappa shape index (κ2) is 22.4. The molecular formula is C48H55ClN14O5. The van der Waals surface area contributed by atoms with Crippen LogP contribution in [0.3, 0.4) is 0 Å². The second-order valence-corrected chi connectivity index (χ2v) is 16.6. The fourth-order valence-electron chi connectivity index (χ4n) is 7.48. The molecule has 0 spiro atoms. The number of likely N-dealkylation sites (tertiary alicyclic amines) is 1. The highest BCUT2D eigenvalue weighted by Crippen LogP contribution is 2.37. The van der Waals surface area contributed by atoms with Crippen LogP contribution in [0.1, 0.15) is 77.7 Å². The zero-order valence-corrected chi connectivity index (χ0v) is 39.1. The van der Waals surface area contributed by atoms with Crippen molar-refractivity contribution in [1.82, 2.24) is 50.1 Å². The predicted molar refractivity (Wildman–Crippen MR) is 261 cm³/mol. The number of anilines is 4. The molecule has 0 saturated carbocycles. The molecule has 0 radical (unpaired) electrons. The van der Waals surface area contributed by atoms with Gasteiger partial charge in [-0.3, -0.25) is 29.3 Å². The van der Waals surface area contributed by atoms with Crippen molar-refractivity contribution in [1.29, 1.82) is 0 Å². The van der Waals surface area contributed by atoms with Crippen LogP contribution >= 0.6 is 11.6 Å². The molecule has 1 saturated heterocycles. The van der Waals surface area contributed by atoms with E-state index in [9.17, 15) is 19.5 Å². The first kappa shape index (κ1) is 48.6. The topological polar surface area (TPSA) is 256 Å². The number of carbonyl (C=O) groups is 3. The largest absolute Gasteiger partial charge is 0.461 e. The van der Waals surface area contributed by atoms with Crippen molar-refractivity contribution in [3.8, 4) is 22.7 Å². The van der Waals surface area contributed by atoms with Gasteiger partial charge in [0.15, 0.2) is 5.76 Å². The third-order valence-electron chi connectivity index (χ3n) is 11.0. The van der Waals surface area contributed by atoms with E-state index in [4.69, 9.17) is 21.8 Å². The van der Waals surface area contributed by atoms with Crippen LogP contribution in [-0.4, -0.2) is 101 Å². The maximum absolute atomic E-state index is 13.3. The number of β-amino-alcohol motifs (C(OH)–C–C–N with tert-alkyl or cyclic N) is 1. The Morgan fingerprint density at radius 3 is 2.24 bits per heavy atom. The number of halogens is 1. The van der Waals surface area contributed by atoms with Crippen LogP contribution in [0.2, 0.25) is 5.02 Å². The number of carbonyl (C=O) groups excluding carboxylic acids is 3. The monoisotopic (exact) mass is 942 g/mol. The molecule has 7 aromatic rings. The van der Waals surface area contributed by atoms with Gasteiger partial charge in [-0.1, -0.05) is 61.8 Å². The van der Waals surface area contributed by atoms with E-state index in [-0.39, 0.29) is 40.9 Å². The number of fused-ring (bicyclic) bond motifs is 1. The van der Waals surface area contributed by atoms with Gasteiger partial charge in [0.2, 0.25) is 23.6 Å². The summed E-state index contributed by atoms with van der Waals surface area (Å²) in [6, 6.07) is 21.4. The standard InChI is InChI=1S/C46H49ClN14O5.C2H6/c1-28-31(32-8-4-10-34(39(32)47)55-42(64)36-16-14-30(25-53-36)26-60-21-17-46(2,65)27-60)7-3-9-33(28)54-41(63)35-15-13-29(24-52-35)23-49-19-20-50-38(62)12-5-18-51-44-57-43(48)61-45(58-44)56-40(59-61)37-11-6-22-66-37;1-2/h3-4,6-11,13-16,22,24-25,49,65H,5,12,17-21,23,26-27H2,1-2H3,(H,50,62)(H,54,63)(H,55,64)(H3,48,51,56,57,58,59);1-2H3. The van der Waals surface area contributed by atoms with Gasteiger partial charge in [0.1, 0.15) is 11.4 Å². The van der Waals surface area contributed by atoms with Crippen LogP contribution in [0.4, 0.5) is 23.3 Å². The molecule has 20 heteroatoms. The Hall–Kier alpha value is -7.32. The Labute approximate surface area is 398 Å². The Morgan fingerprint density at radius 2 is 1.56 bits per heavy atom. The molecule has 1 aliphatic rings. The molecule has 8 N–H and O–H groups in total. The molecule has 19 nitrogen and oxygen atoms in total. The number of hydrogen-bond donors (Lipinski definition) is 7. The molecule has 2 aromatic carbocycles. The van der Waals surface area contributed by atoms with Gasteiger partial charge in [-0.2, -0.15) is 19.5 Å². The highest BCUT2D eigenvalue weighted by molar-refractivity contribution is 6.36. The lowest BCUT2D eigenvalue weighted by molar-refractivity contribution is -0.121. The highest BCUT2D eigenvalue weighted by Gasteiger charge is 2.31. The fourth-order valence-corrected chi connectivity index (χ4v) is 7.75. The number of nitrogen functional groups attached to an aromatic ring is 1. The second-order valence-electron chi connectivity index (χ2n) is 16.2. The van der Waals surface area contributed by atoms with Gasteiger partial charge < -0.3 is 41.8 Å². The lowest BCUT2D eigenvalue weighted by Gasteiger charge is -2.18. The Kier molecular flexibility index (Phi) is 16.0. The van der Waals surface area contributed by atoms with E-state index >= 15 is 0 Å². The van der Waals surface area contributed by atoms with Crippen molar-refractivity contribution in [3.63, 3.8) is 0 Å². The Balaban J connectivity index is 0.00000338. The summed E-state index contributed by atoms with van der Waals surface area (Å²) in [5, 5.41) is 30.0. The average molecular weight is 944 g/mol. The van der Waals surface area contributed by atoms with E-state index < -0.39 is 11.5 Å². The minimum atomic E-state index is -0.685. The summed E-state index contributed by atoms with van der Waals surface area (Å²) in [6.45, 7) is 11.7. The number of benzene rings is 2. The van der Waals surface area contributed by atoms with Gasteiger partial charge in [-0.05, 0) is 85.3 Å². The number of aromatic nitrogens is 7. The maximum atomic E-state index is 13.3. The molecule has 1 fully saturated rings. The fraction of sp³-hybridized carbons (Fsp3) is 0.312. The summed E-state index contributed by atoms with van der Waals surface area (Å²) < 4.78 is 6.67. The molecule has 8 rings (SSSR count). The molecule has 3 amide bonds. The number of nitrogens with zero attached hydrogens (tertiary/aromatic N) is 8. The molecule has 6 heterocycles. The number of rotatable bonds is 18. The van der Waals surface area contributed by atoms with Gasteiger partial charge in [-0.25, -0.2) is 0 Å². The summed E-state index contributed by atoms with van der Waals surface area (Å²) in [7, 11) is 0. The van der Waals surface area contributed by atoms with E-state index in [1.807, 2.05) is 58.0 Å². The van der Waals surface area contributed by atoms with E-state index in [1.165, 1.54) is 10.8 Å². The first-order valence-corrected chi connectivity index (χ1v) is 22.8. The SMILES string of the molecule is CC.Cc1c(NC(=O)c2ccc(CNCCNC(=O)CCCNc3nc(N)n4nc(-c5ccco5)nc4n3)cn2)cccc1-c1cccc(NC(=O)c2ccc(CN3CCC(C)(O)C3)cn2)c1Cl. The molecule has 1 atom stereocenters. The zero-order valence-electron chi connectivity index (χ0n) is 38.3. The lowest BCUT2D eigenvalue weighted by atomic mass is 9.98. The highest BCUT2D eigenvalue weighted by atomic mass is 35.5. The smallest absolute Gasteiger partial charge is 0.274 e. The van der Waals surface area contributed by atoms with Gasteiger partial charge in [0, 0.05) is 75.9 Å². The summed E-state index contributed by atoms with van der Waals surface area (Å²) in [5.41, 5.74) is 10.9. The van der Waals surface area contributed by atoms with Crippen LogP contribution in [0.5, 0.6) is 0 Å². The third-order valence-corrected chi connectivity index (χ3v) is 11.4. The molecule has 354 valence electrons. The first-order chi connectivity index (χ1) is 32.9. The predicted octanol–water partition coefficient (Wildman–Crippen LogP) is 6.37. The molecule has 1 aliphatic heterocycles. The molecule has 0 bridgehead atoms. The van der Waals surface area contributed by atoms with E-state index in [0.29, 0.717) is 85.7 Å². The van der Waals surface area contributed by atoms with Gasteiger partial charge in [0.25, 0.3) is 17.6 Å². The molecule has 68 heavy (non-hydrogen) atoms. The van der Waals surface area contributed by atoms with Crippen LogP contribution < -0.4 is 32.3 Å². The number of nitrogens with one attached hydrogen (secondary N) is 5. The quantitative estimate of drug-likeness (QED) is 0.0462. The minimum absolute atomic E-state index is 0.0877. The lowest BCUT2D eigenvalue weighted by Crippen LogP contribution is -2.31. The zero-order chi connectivity index (χ0) is 48.2. The molecular weight excluding hydrogens is 888 g/mol. The van der Waals surface area contributed by atoms with E-state index in [1.54, 1.807) is 54.9 Å². The number of nitrogens with two attached hydrogens (primary N) is 1. The number of amides is 3. The summed E-state index contributed by atoms with van der Waals surface area (Å²) in [5.74, 6) is 0.631. The van der Waals surface area contributed by atoms with E-state index in [0.717, 1.165) is 35.2 Å². The minimum Gasteiger partial charge on any atom is -0.461 e. The van der Waals surface area contributed by atoms with Crippen LogP contribution in [-0.2, 0) is 17.9 Å². The summed E-state index contributed by atoms with van der Waals surface area (Å²) in [4.78, 5) is 62.8. The molecule has 1 unspecified atom stereocenters. The van der Waals surface area contributed by atoms with Crippen molar-refractivity contribution < 1.29 is 23.9 Å². The molecule has 0 aliphatic carbocycles. The van der Waals surface area contributed by atoms with Crippen LogP contribution in [0, 0.1) is 6.92 Å². The third kappa shape index (κ3) is 12.4. The summed E-state index contributed by atoms with van der Waals surface area (Å²) >= 11 is 6.90. The Morgan fingerprint density at radius 1 is 0.853 bits per heavy atom. The van der Waals surface area contributed by atoms with Crippen LogP contribution in [0.15, 0.2) is 95.9 Å². The van der Waals surface area contributed by atoms with Crippen molar-refractivity contribution in [2.24, 2.45) is 0 Å². The van der Waals surface area contributed by atoms with Gasteiger partial charge in [0.05, 0.1) is 22.6 Å². The van der Waals surface area contributed by atoms with Crippen LogP contribution in [0.25, 0.3) is 28.5 Å². The summed E-state index contributed by atoms with van der Waals surface area (Å²) in [6.07, 6.45) is 6.41. The number of furan rings is 1. The number of pyridine rings is 2. The first-order valence-electron chi connectivity index (χ1n) is 22.4. The van der Waals surface area contributed by atoms with Gasteiger partial charge >= 0.3 is 0 Å². The van der Waals surface area contributed by atoms with Crippen molar-refractivity contribution >= 4 is 58.4 Å². The molecule has 5 aromatic heterocycles. The average Bonchev–Trinajstić information content (AvgIpc) is 4.11. The number of aliphatic hydroxyl groups is 1. The van der Waals surface area contributed by atoms with Crippen molar-refractivity contribution in [2.75, 3.05) is 54.4 Å². The van der Waals surface area contributed by atoms with Crippen molar-refractivity contribution in [2.45, 2.75) is 65.6 Å². The number of hydrogen-bond acceptors (Lipinski definition) is 15. The Bertz CT molecular complexity index is 2840. The van der Waals surface area contributed by atoms with Crippen molar-refractivity contribution in [3.05, 3.63) is 125 Å². The normalized spacial score (nSPS) is 14.6. The van der Waals surface area contributed by atoms with Gasteiger partial charge in [-0.15, -0.1) is 5.10 Å². The van der Waals surface area contributed by atoms with E-state index in [2.05, 4.69) is 61.5 Å². The maximum Gasteiger partial charge on any atom is 0.274 e.